The van der Waals surface area contributed by atoms with Gasteiger partial charge in [0.05, 0.1) is 0 Å². The molecule has 0 fully saturated rings. The minimum absolute atomic E-state index is 0.266. The highest BCUT2D eigenvalue weighted by Gasteiger charge is 1.91. The maximum Gasteiger partial charge on any atom is 0.0465 e. The van der Waals surface area contributed by atoms with Crippen LogP contribution in [-0.4, -0.2) is 11.7 Å². The lowest BCUT2D eigenvalue weighted by Gasteiger charge is -2.01. The summed E-state index contributed by atoms with van der Waals surface area (Å²) in [6, 6.07) is 0. The molecule has 0 heterocycles. The Bertz CT molecular complexity index is 183. The molecule has 82 valence electrons. The molecule has 1 N–H and O–H groups in total. The molecule has 0 aromatic carbocycles. The molecule has 1 heteroatoms. The predicted molar refractivity (Wildman–Crippen MR) is 63.4 cm³/mol. The molecule has 0 radical (unpaired) electrons. The molecular formula is C13H24O. The molecule has 0 saturated heterocycles. The van der Waals surface area contributed by atoms with Gasteiger partial charge >= 0.3 is 0 Å². The smallest absolute Gasteiger partial charge is 0.0465 e. The zero-order valence-corrected chi connectivity index (χ0v) is 9.84. The Labute approximate surface area is 88.5 Å². The van der Waals surface area contributed by atoms with E-state index in [9.17, 15) is 0 Å². The zero-order valence-electron chi connectivity index (χ0n) is 9.84. The van der Waals surface area contributed by atoms with Crippen molar-refractivity contribution in [3.63, 3.8) is 0 Å². The third kappa shape index (κ3) is 6.90. The second kappa shape index (κ2) is 9.01. The molecule has 0 spiro atoms. The van der Waals surface area contributed by atoms with E-state index < -0.39 is 0 Å². The SMILES string of the molecule is CCC(=CCCC(C)=CCCO)CC. The largest absolute Gasteiger partial charge is 0.396 e. The van der Waals surface area contributed by atoms with Crippen LogP contribution < -0.4 is 0 Å². The normalized spacial score (nSPS) is 11.6. The van der Waals surface area contributed by atoms with E-state index in [0.29, 0.717) is 0 Å². The van der Waals surface area contributed by atoms with Gasteiger partial charge in [0.25, 0.3) is 0 Å². The van der Waals surface area contributed by atoms with Crippen molar-refractivity contribution in [1.29, 1.82) is 0 Å². The first-order valence-electron chi connectivity index (χ1n) is 5.68. The number of hydrogen-bond donors (Lipinski definition) is 1. The zero-order chi connectivity index (χ0) is 10.8. The van der Waals surface area contributed by atoms with Crippen LogP contribution in [-0.2, 0) is 0 Å². The van der Waals surface area contributed by atoms with Gasteiger partial charge in [-0.1, -0.05) is 37.1 Å². The van der Waals surface area contributed by atoms with Crippen molar-refractivity contribution in [3.05, 3.63) is 23.3 Å². The number of aliphatic hydroxyl groups excluding tert-OH is 1. The Morgan fingerprint density at radius 2 is 1.71 bits per heavy atom. The molecule has 0 aliphatic heterocycles. The fourth-order valence-corrected chi connectivity index (χ4v) is 1.46. The van der Waals surface area contributed by atoms with Gasteiger partial charge in [-0.2, -0.15) is 0 Å². The van der Waals surface area contributed by atoms with Crippen molar-refractivity contribution in [2.45, 2.75) is 52.9 Å². The van der Waals surface area contributed by atoms with Gasteiger partial charge in [0.2, 0.25) is 0 Å². The molecule has 0 aromatic heterocycles. The first-order valence-corrected chi connectivity index (χ1v) is 5.68. The summed E-state index contributed by atoms with van der Waals surface area (Å²) in [6.07, 6.45) is 9.91. The molecule has 0 aromatic rings. The monoisotopic (exact) mass is 196 g/mol. The third-order valence-electron chi connectivity index (χ3n) is 2.50. The van der Waals surface area contributed by atoms with Crippen molar-refractivity contribution in [3.8, 4) is 0 Å². The van der Waals surface area contributed by atoms with Gasteiger partial charge in [0, 0.05) is 6.61 Å². The summed E-state index contributed by atoms with van der Waals surface area (Å²) in [5, 5.41) is 8.65. The van der Waals surface area contributed by atoms with E-state index in [1.54, 1.807) is 5.57 Å². The Balaban J connectivity index is 3.76. The van der Waals surface area contributed by atoms with Crippen LogP contribution in [0.1, 0.15) is 52.9 Å². The Morgan fingerprint density at radius 1 is 1.07 bits per heavy atom. The van der Waals surface area contributed by atoms with Gasteiger partial charge < -0.3 is 5.11 Å². The van der Waals surface area contributed by atoms with Gasteiger partial charge in [-0.3, -0.25) is 0 Å². The van der Waals surface area contributed by atoms with Crippen molar-refractivity contribution < 1.29 is 5.11 Å². The highest BCUT2D eigenvalue weighted by Crippen LogP contribution is 2.11. The van der Waals surface area contributed by atoms with Crippen molar-refractivity contribution in [2.24, 2.45) is 0 Å². The van der Waals surface area contributed by atoms with Gasteiger partial charge in [0.15, 0.2) is 0 Å². The first-order chi connectivity index (χ1) is 6.74. The van der Waals surface area contributed by atoms with E-state index in [2.05, 4.69) is 32.9 Å². The van der Waals surface area contributed by atoms with Crippen molar-refractivity contribution >= 4 is 0 Å². The Kier molecular flexibility index (Phi) is 8.65. The summed E-state index contributed by atoms with van der Waals surface area (Å²) >= 11 is 0. The number of hydrogen-bond acceptors (Lipinski definition) is 1. The van der Waals surface area contributed by atoms with Crippen LogP contribution in [0, 0.1) is 0 Å². The molecule has 0 unspecified atom stereocenters. The van der Waals surface area contributed by atoms with Crippen LogP contribution in [0.15, 0.2) is 23.3 Å². The summed E-state index contributed by atoms with van der Waals surface area (Å²) < 4.78 is 0. The summed E-state index contributed by atoms with van der Waals surface area (Å²) in [5.41, 5.74) is 2.95. The van der Waals surface area contributed by atoms with Crippen LogP contribution in [0.4, 0.5) is 0 Å². The van der Waals surface area contributed by atoms with Crippen LogP contribution >= 0.6 is 0 Å². The average Bonchev–Trinajstić information content (AvgIpc) is 2.21. The minimum atomic E-state index is 0.266. The van der Waals surface area contributed by atoms with E-state index in [0.717, 1.165) is 19.3 Å². The van der Waals surface area contributed by atoms with Crippen LogP contribution in [0.5, 0.6) is 0 Å². The Morgan fingerprint density at radius 3 is 2.21 bits per heavy atom. The molecule has 0 amide bonds. The van der Waals surface area contributed by atoms with Gasteiger partial charge in [-0.15, -0.1) is 0 Å². The quantitative estimate of drug-likeness (QED) is 0.613. The predicted octanol–water partition coefficient (Wildman–Crippen LogP) is 3.84. The highest BCUT2D eigenvalue weighted by atomic mass is 16.2. The lowest BCUT2D eigenvalue weighted by atomic mass is 10.1. The fourth-order valence-electron chi connectivity index (χ4n) is 1.46. The fraction of sp³-hybridized carbons (Fsp3) is 0.692. The van der Waals surface area contributed by atoms with Crippen LogP contribution in [0.2, 0.25) is 0 Å². The van der Waals surface area contributed by atoms with E-state index in [4.69, 9.17) is 5.11 Å². The van der Waals surface area contributed by atoms with E-state index in [1.807, 2.05) is 0 Å². The number of rotatable bonds is 7. The van der Waals surface area contributed by atoms with Gasteiger partial charge in [-0.25, -0.2) is 0 Å². The molecule has 1 nitrogen and oxygen atoms in total. The van der Waals surface area contributed by atoms with Gasteiger partial charge in [-0.05, 0) is 39.0 Å². The lowest BCUT2D eigenvalue weighted by molar-refractivity contribution is 0.302. The van der Waals surface area contributed by atoms with Gasteiger partial charge in [0.1, 0.15) is 0 Å². The average molecular weight is 196 g/mol. The molecule has 0 atom stereocenters. The molecular weight excluding hydrogens is 172 g/mol. The standard InChI is InChI=1S/C13H24O/c1-4-13(5-2)10-6-8-12(3)9-7-11-14/h9-10,14H,4-8,11H2,1-3H3. The number of aliphatic hydroxyl groups is 1. The molecule has 14 heavy (non-hydrogen) atoms. The summed E-state index contributed by atoms with van der Waals surface area (Å²) in [5.74, 6) is 0. The van der Waals surface area contributed by atoms with Crippen molar-refractivity contribution in [1.82, 2.24) is 0 Å². The van der Waals surface area contributed by atoms with Crippen LogP contribution in [0.25, 0.3) is 0 Å². The summed E-state index contributed by atoms with van der Waals surface area (Å²) in [7, 11) is 0. The first kappa shape index (κ1) is 13.4. The molecule has 0 rings (SSSR count). The second-order valence-electron chi connectivity index (χ2n) is 3.67. The summed E-state index contributed by atoms with van der Waals surface area (Å²) in [4.78, 5) is 0. The van der Waals surface area contributed by atoms with E-state index in [1.165, 1.54) is 18.4 Å². The minimum Gasteiger partial charge on any atom is -0.396 e. The maximum atomic E-state index is 8.65. The number of allylic oxidation sites excluding steroid dienone is 3. The molecule has 0 bridgehead atoms. The second-order valence-corrected chi connectivity index (χ2v) is 3.67. The molecule has 0 saturated carbocycles. The summed E-state index contributed by atoms with van der Waals surface area (Å²) in [6.45, 7) is 6.83. The lowest BCUT2D eigenvalue weighted by Crippen LogP contribution is -1.83. The van der Waals surface area contributed by atoms with E-state index >= 15 is 0 Å². The highest BCUT2D eigenvalue weighted by molar-refractivity contribution is 5.04. The van der Waals surface area contributed by atoms with Crippen LogP contribution in [0.3, 0.4) is 0 Å². The Hall–Kier alpha value is -0.560. The topological polar surface area (TPSA) is 20.2 Å². The van der Waals surface area contributed by atoms with Crippen molar-refractivity contribution in [2.75, 3.05) is 6.61 Å². The third-order valence-corrected chi connectivity index (χ3v) is 2.50. The molecule has 0 aliphatic carbocycles. The van der Waals surface area contributed by atoms with E-state index in [-0.39, 0.29) is 6.61 Å². The molecule has 0 aliphatic rings. The maximum absolute atomic E-state index is 8.65.